The van der Waals surface area contributed by atoms with Crippen molar-refractivity contribution in [2.75, 3.05) is 6.54 Å². The van der Waals surface area contributed by atoms with Gasteiger partial charge in [0.05, 0.1) is 17.6 Å². The van der Waals surface area contributed by atoms with Gasteiger partial charge in [-0.05, 0) is 29.1 Å². The molecule has 0 radical (unpaired) electrons. The molecule has 0 atom stereocenters. The summed E-state index contributed by atoms with van der Waals surface area (Å²) in [5.41, 5.74) is 3.14. The van der Waals surface area contributed by atoms with E-state index in [1.807, 2.05) is 0 Å². The Balaban J connectivity index is 1.74. The SMILES string of the molecule is O=C(CNC(=O)c1cccs1)NN=Cc1ccc(Cl)cc1. The van der Waals surface area contributed by atoms with Gasteiger partial charge in [0, 0.05) is 5.02 Å². The second-order valence-electron chi connectivity index (χ2n) is 4.00. The predicted molar refractivity (Wildman–Crippen MR) is 83.8 cm³/mol. The van der Waals surface area contributed by atoms with Crippen molar-refractivity contribution >= 4 is 41.0 Å². The van der Waals surface area contributed by atoms with Crippen molar-refractivity contribution in [2.45, 2.75) is 0 Å². The average Bonchev–Trinajstić information content (AvgIpc) is 3.01. The molecule has 2 aromatic rings. The Labute approximate surface area is 130 Å². The van der Waals surface area contributed by atoms with Crippen LogP contribution in [0.4, 0.5) is 0 Å². The number of hydrogen-bond acceptors (Lipinski definition) is 4. The van der Waals surface area contributed by atoms with Gasteiger partial charge >= 0.3 is 0 Å². The van der Waals surface area contributed by atoms with Crippen LogP contribution in [0.15, 0.2) is 46.9 Å². The molecule has 108 valence electrons. The molecule has 2 N–H and O–H groups in total. The van der Waals surface area contributed by atoms with Crippen molar-refractivity contribution in [3.63, 3.8) is 0 Å². The molecule has 0 fully saturated rings. The van der Waals surface area contributed by atoms with Gasteiger partial charge in [0.2, 0.25) is 0 Å². The molecule has 0 aliphatic rings. The van der Waals surface area contributed by atoms with E-state index in [1.54, 1.807) is 41.8 Å². The lowest BCUT2D eigenvalue weighted by molar-refractivity contribution is -0.120. The lowest BCUT2D eigenvalue weighted by Crippen LogP contribution is -2.34. The van der Waals surface area contributed by atoms with E-state index in [2.05, 4.69) is 15.8 Å². The van der Waals surface area contributed by atoms with E-state index in [0.717, 1.165) is 5.56 Å². The molecular weight excluding hydrogens is 310 g/mol. The summed E-state index contributed by atoms with van der Waals surface area (Å²) < 4.78 is 0. The second kappa shape index (κ2) is 7.56. The summed E-state index contributed by atoms with van der Waals surface area (Å²) >= 11 is 7.07. The van der Waals surface area contributed by atoms with Crippen molar-refractivity contribution in [3.05, 3.63) is 57.2 Å². The van der Waals surface area contributed by atoms with Gasteiger partial charge in [-0.15, -0.1) is 11.3 Å². The van der Waals surface area contributed by atoms with Crippen LogP contribution in [0.25, 0.3) is 0 Å². The van der Waals surface area contributed by atoms with Crippen LogP contribution in [0.3, 0.4) is 0 Å². The Kier molecular flexibility index (Phi) is 5.48. The highest BCUT2D eigenvalue weighted by atomic mass is 35.5. The summed E-state index contributed by atoms with van der Waals surface area (Å²) in [4.78, 5) is 23.7. The van der Waals surface area contributed by atoms with Crippen molar-refractivity contribution < 1.29 is 9.59 Å². The fourth-order valence-corrected chi connectivity index (χ4v) is 2.19. The van der Waals surface area contributed by atoms with Crippen LogP contribution in [0.5, 0.6) is 0 Å². The maximum Gasteiger partial charge on any atom is 0.261 e. The summed E-state index contributed by atoms with van der Waals surface area (Å²) in [5.74, 6) is -0.674. The van der Waals surface area contributed by atoms with Crippen LogP contribution < -0.4 is 10.7 Å². The fourth-order valence-electron chi connectivity index (χ4n) is 1.42. The van der Waals surface area contributed by atoms with E-state index in [1.165, 1.54) is 17.6 Å². The summed E-state index contributed by atoms with van der Waals surface area (Å²) in [6.45, 7) is -0.130. The number of hydrazone groups is 1. The number of amides is 2. The number of nitrogens with zero attached hydrogens (tertiary/aromatic N) is 1. The van der Waals surface area contributed by atoms with Crippen LogP contribution in [0.2, 0.25) is 5.02 Å². The maximum absolute atomic E-state index is 11.6. The smallest absolute Gasteiger partial charge is 0.261 e. The highest BCUT2D eigenvalue weighted by Crippen LogP contribution is 2.08. The van der Waals surface area contributed by atoms with Crippen LogP contribution in [0.1, 0.15) is 15.2 Å². The summed E-state index contributed by atoms with van der Waals surface area (Å²) in [5, 5.41) is 8.73. The molecule has 1 aromatic carbocycles. The molecule has 0 aliphatic heterocycles. The monoisotopic (exact) mass is 321 g/mol. The number of rotatable bonds is 5. The first-order valence-electron chi connectivity index (χ1n) is 6.04. The zero-order valence-corrected chi connectivity index (χ0v) is 12.4. The second-order valence-corrected chi connectivity index (χ2v) is 5.39. The lowest BCUT2D eigenvalue weighted by atomic mass is 10.2. The predicted octanol–water partition coefficient (Wildman–Crippen LogP) is 2.28. The normalized spacial score (nSPS) is 10.5. The first-order chi connectivity index (χ1) is 10.1. The summed E-state index contributed by atoms with van der Waals surface area (Å²) in [6, 6.07) is 10.5. The summed E-state index contributed by atoms with van der Waals surface area (Å²) in [6.07, 6.45) is 1.50. The Bertz CT molecular complexity index is 639. The molecule has 2 amide bonds. The van der Waals surface area contributed by atoms with Gasteiger partial charge in [-0.25, -0.2) is 5.43 Å². The number of halogens is 1. The molecule has 0 saturated heterocycles. The molecule has 0 saturated carbocycles. The molecule has 1 aromatic heterocycles. The highest BCUT2D eigenvalue weighted by Gasteiger charge is 2.07. The third-order valence-electron chi connectivity index (χ3n) is 2.43. The molecule has 21 heavy (non-hydrogen) atoms. The number of benzene rings is 1. The van der Waals surface area contributed by atoms with E-state index in [-0.39, 0.29) is 12.5 Å². The van der Waals surface area contributed by atoms with Crippen LogP contribution in [-0.4, -0.2) is 24.6 Å². The van der Waals surface area contributed by atoms with E-state index >= 15 is 0 Å². The zero-order chi connectivity index (χ0) is 15.1. The van der Waals surface area contributed by atoms with Gasteiger partial charge in [0.15, 0.2) is 0 Å². The van der Waals surface area contributed by atoms with E-state index in [4.69, 9.17) is 11.6 Å². The Morgan fingerprint density at radius 2 is 2.00 bits per heavy atom. The third-order valence-corrected chi connectivity index (χ3v) is 3.55. The number of nitrogens with one attached hydrogen (secondary N) is 2. The topological polar surface area (TPSA) is 70.6 Å². The van der Waals surface area contributed by atoms with E-state index in [0.29, 0.717) is 9.90 Å². The zero-order valence-electron chi connectivity index (χ0n) is 10.9. The number of carbonyl (C=O) groups is 2. The molecule has 0 bridgehead atoms. The molecular formula is C14H12ClN3O2S. The number of thiophene rings is 1. The Hall–Kier alpha value is -2.18. The van der Waals surface area contributed by atoms with Gasteiger partial charge < -0.3 is 5.32 Å². The van der Waals surface area contributed by atoms with Crippen molar-refractivity contribution in [1.82, 2.24) is 10.7 Å². The maximum atomic E-state index is 11.6. The third kappa shape index (κ3) is 5.02. The Morgan fingerprint density at radius 3 is 2.67 bits per heavy atom. The lowest BCUT2D eigenvalue weighted by Gasteiger charge is -2.02. The largest absolute Gasteiger partial charge is 0.342 e. The minimum Gasteiger partial charge on any atom is -0.342 e. The molecule has 0 aliphatic carbocycles. The minimum atomic E-state index is -0.398. The molecule has 7 heteroatoms. The van der Waals surface area contributed by atoms with Gasteiger partial charge in [-0.3, -0.25) is 9.59 Å². The fraction of sp³-hybridized carbons (Fsp3) is 0.0714. The number of carbonyl (C=O) groups excluding carboxylic acids is 2. The highest BCUT2D eigenvalue weighted by molar-refractivity contribution is 7.12. The van der Waals surface area contributed by atoms with E-state index < -0.39 is 5.91 Å². The van der Waals surface area contributed by atoms with Crippen LogP contribution in [-0.2, 0) is 4.79 Å². The van der Waals surface area contributed by atoms with Crippen molar-refractivity contribution in [2.24, 2.45) is 5.10 Å². The minimum absolute atomic E-state index is 0.130. The van der Waals surface area contributed by atoms with Crippen LogP contribution in [0, 0.1) is 0 Å². The van der Waals surface area contributed by atoms with E-state index in [9.17, 15) is 9.59 Å². The van der Waals surface area contributed by atoms with Gasteiger partial charge in [0.25, 0.3) is 11.8 Å². The molecule has 0 unspecified atom stereocenters. The number of hydrogen-bond donors (Lipinski definition) is 2. The van der Waals surface area contributed by atoms with Gasteiger partial charge in [-0.2, -0.15) is 5.10 Å². The van der Waals surface area contributed by atoms with Gasteiger partial charge in [-0.1, -0.05) is 29.8 Å². The first-order valence-corrected chi connectivity index (χ1v) is 7.30. The average molecular weight is 322 g/mol. The van der Waals surface area contributed by atoms with Crippen molar-refractivity contribution in [3.8, 4) is 0 Å². The standard InChI is InChI=1S/C14H12ClN3O2S/c15-11-5-3-10(4-6-11)8-17-18-13(19)9-16-14(20)12-2-1-7-21-12/h1-8H,9H2,(H,16,20)(H,18,19). The summed E-state index contributed by atoms with van der Waals surface area (Å²) in [7, 11) is 0. The van der Waals surface area contributed by atoms with Gasteiger partial charge in [0.1, 0.15) is 0 Å². The van der Waals surface area contributed by atoms with Crippen molar-refractivity contribution in [1.29, 1.82) is 0 Å². The first kappa shape index (κ1) is 15.2. The molecule has 2 rings (SSSR count). The molecule has 1 heterocycles. The van der Waals surface area contributed by atoms with Crippen LogP contribution >= 0.6 is 22.9 Å². The molecule has 0 spiro atoms. The Morgan fingerprint density at radius 1 is 1.24 bits per heavy atom. The molecule has 5 nitrogen and oxygen atoms in total. The quantitative estimate of drug-likeness (QED) is 0.655.